The van der Waals surface area contributed by atoms with E-state index >= 15 is 0 Å². The minimum atomic E-state index is 0.186. The Labute approximate surface area is 90.1 Å². The number of rotatable bonds is 2. The number of allylic oxidation sites excluding steroid dienone is 4. The molecule has 1 aromatic carbocycles. The molecule has 0 bridgehead atoms. The van der Waals surface area contributed by atoms with Crippen LogP contribution in [0.25, 0.3) is 0 Å². The molecule has 0 heterocycles. The lowest BCUT2D eigenvalue weighted by Crippen LogP contribution is -1.91. The van der Waals surface area contributed by atoms with Crippen molar-refractivity contribution in [1.82, 2.24) is 0 Å². The van der Waals surface area contributed by atoms with Gasteiger partial charge in [-0.2, -0.15) is 0 Å². The average molecular weight is 196 g/mol. The first-order valence-corrected chi connectivity index (χ1v) is 4.88. The maximum atomic E-state index is 5.11. The number of hydrogen-bond acceptors (Lipinski definition) is 1. The van der Waals surface area contributed by atoms with E-state index in [4.69, 9.17) is 4.74 Å². The van der Waals surface area contributed by atoms with Crippen LogP contribution in [0.5, 0.6) is 5.75 Å². The number of hydrogen-bond donors (Lipinski definition) is 0. The van der Waals surface area contributed by atoms with Crippen molar-refractivity contribution >= 4 is 0 Å². The highest BCUT2D eigenvalue weighted by atomic mass is 16.5. The molecule has 0 N–H and O–H groups in total. The fraction of sp³-hybridized carbons (Fsp3) is 0.143. The predicted octanol–water partition coefficient (Wildman–Crippen LogP) is 2.91. The Morgan fingerprint density at radius 2 is 1.93 bits per heavy atom. The molecule has 0 saturated heterocycles. The van der Waals surface area contributed by atoms with Crippen molar-refractivity contribution in [3.63, 3.8) is 0 Å². The van der Waals surface area contributed by atoms with Gasteiger partial charge in [-0.3, -0.25) is 0 Å². The van der Waals surface area contributed by atoms with Gasteiger partial charge in [0, 0.05) is 0 Å². The highest BCUT2D eigenvalue weighted by molar-refractivity contribution is 5.40. The van der Waals surface area contributed by atoms with Gasteiger partial charge in [-0.05, 0) is 23.8 Å². The molecular formula is C14H12O. The zero-order chi connectivity index (χ0) is 10.5. The van der Waals surface area contributed by atoms with Crippen LogP contribution in [0.3, 0.4) is 0 Å². The molecule has 1 aromatic rings. The second-order valence-electron chi connectivity index (χ2n) is 3.28. The van der Waals surface area contributed by atoms with Gasteiger partial charge in [0.1, 0.15) is 5.75 Å². The Morgan fingerprint density at radius 1 is 1.13 bits per heavy atom. The van der Waals surface area contributed by atoms with Crippen LogP contribution < -0.4 is 4.74 Å². The summed E-state index contributed by atoms with van der Waals surface area (Å²) in [7, 11) is 1.67. The summed E-state index contributed by atoms with van der Waals surface area (Å²) < 4.78 is 5.11. The first-order valence-electron chi connectivity index (χ1n) is 4.88. The van der Waals surface area contributed by atoms with E-state index in [-0.39, 0.29) is 5.92 Å². The van der Waals surface area contributed by atoms with Gasteiger partial charge in [0.15, 0.2) is 0 Å². The van der Waals surface area contributed by atoms with Crippen LogP contribution in [0, 0.1) is 11.8 Å². The van der Waals surface area contributed by atoms with Crippen molar-refractivity contribution in [1.29, 1.82) is 0 Å². The second kappa shape index (κ2) is 4.52. The van der Waals surface area contributed by atoms with Crippen LogP contribution in [-0.4, -0.2) is 7.11 Å². The third kappa shape index (κ3) is 2.30. The molecule has 1 atom stereocenters. The molecule has 1 nitrogen and oxygen atoms in total. The Morgan fingerprint density at radius 3 is 2.67 bits per heavy atom. The summed E-state index contributed by atoms with van der Waals surface area (Å²) in [6, 6.07) is 8.02. The summed E-state index contributed by atoms with van der Waals surface area (Å²) >= 11 is 0. The molecule has 74 valence electrons. The molecule has 0 aromatic heterocycles. The first-order chi connectivity index (χ1) is 7.40. The summed E-state index contributed by atoms with van der Waals surface area (Å²) in [4.78, 5) is 0. The quantitative estimate of drug-likeness (QED) is 0.661. The van der Waals surface area contributed by atoms with E-state index in [9.17, 15) is 0 Å². The van der Waals surface area contributed by atoms with Crippen LogP contribution in [0.1, 0.15) is 11.5 Å². The van der Waals surface area contributed by atoms with Crippen molar-refractivity contribution in [2.75, 3.05) is 7.11 Å². The smallest absolute Gasteiger partial charge is 0.118 e. The molecule has 1 heteroatoms. The molecule has 1 unspecified atom stereocenters. The summed E-state index contributed by atoms with van der Waals surface area (Å²) in [5.74, 6) is 7.23. The van der Waals surface area contributed by atoms with Crippen LogP contribution in [0.4, 0.5) is 0 Å². The lowest BCUT2D eigenvalue weighted by Gasteiger charge is -2.06. The molecular weight excluding hydrogens is 184 g/mol. The Hall–Kier alpha value is -1.94. The minimum Gasteiger partial charge on any atom is -0.497 e. The maximum Gasteiger partial charge on any atom is 0.118 e. The third-order valence-corrected chi connectivity index (χ3v) is 2.31. The van der Waals surface area contributed by atoms with Crippen LogP contribution in [-0.2, 0) is 0 Å². The lowest BCUT2D eigenvalue weighted by atomic mass is 9.99. The summed E-state index contributed by atoms with van der Waals surface area (Å²) in [6.07, 6.45) is 7.93. The Balaban J connectivity index is 2.24. The highest BCUT2D eigenvalue weighted by Gasteiger charge is 2.04. The van der Waals surface area contributed by atoms with Crippen molar-refractivity contribution in [3.8, 4) is 17.6 Å². The van der Waals surface area contributed by atoms with Crippen LogP contribution in [0.15, 0.2) is 48.6 Å². The lowest BCUT2D eigenvalue weighted by molar-refractivity contribution is 0.414. The third-order valence-electron chi connectivity index (χ3n) is 2.31. The van der Waals surface area contributed by atoms with E-state index in [0.717, 1.165) is 5.75 Å². The molecule has 0 aliphatic heterocycles. The van der Waals surface area contributed by atoms with Crippen molar-refractivity contribution in [2.24, 2.45) is 0 Å². The SMILES string of the molecule is COc1ccc(C2C#CC=CC=C2)cc1. The zero-order valence-electron chi connectivity index (χ0n) is 8.60. The monoisotopic (exact) mass is 196 g/mol. The largest absolute Gasteiger partial charge is 0.497 e. The van der Waals surface area contributed by atoms with Crippen LogP contribution >= 0.6 is 0 Å². The van der Waals surface area contributed by atoms with Gasteiger partial charge in [-0.1, -0.05) is 42.2 Å². The van der Waals surface area contributed by atoms with E-state index in [1.807, 2.05) is 42.5 Å². The second-order valence-corrected chi connectivity index (χ2v) is 3.28. The van der Waals surface area contributed by atoms with Gasteiger partial charge >= 0.3 is 0 Å². The fourth-order valence-electron chi connectivity index (χ4n) is 1.47. The van der Waals surface area contributed by atoms with Gasteiger partial charge in [0.05, 0.1) is 13.0 Å². The van der Waals surface area contributed by atoms with Gasteiger partial charge < -0.3 is 4.74 Å². The summed E-state index contributed by atoms with van der Waals surface area (Å²) in [5, 5.41) is 0. The van der Waals surface area contributed by atoms with Crippen molar-refractivity contribution in [3.05, 3.63) is 54.1 Å². The molecule has 0 spiro atoms. The van der Waals surface area contributed by atoms with Gasteiger partial charge in [0.25, 0.3) is 0 Å². The van der Waals surface area contributed by atoms with Crippen molar-refractivity contribution < 1.29 is 4.74 Å². The van der Waals surface area contributed by atoms with E-state index in [1.54, 1.807) is 7.11 Å². The molecule has 2 rings (SSSR count). The maximum absolute atomic E-state index is 5.11. The van der Waals surface area contributed by atoms with Gasteiger partial charge in [0.2, 0.25) is 0 Å². The average Bonchev–Trinajstić information content (AvgIpc) is 2.58. The Bertz CT molecular complexity index is 440. The highest BCUT2D eigenvalue weighted by Crippen LogP contribution is 2.20. The summed E-state index contributed by atoms with van der Waals surface area (Å²) in [6.45, 7) is 0. The van der Waals surface area contributed by atoms with Gasteiger partial charge in [-0.15, -0.1) is 0 Å². The number of methoxy groups -OCH3 is 1. The Kier molecular flexibility index (Phi) is 2.90. The van der Waals surface area contributed by atoms with Crippen LogP contribution in [0.2, 0.25) is 0 Å². The predicted molar refractivity (Wildman–Crippen MR) is 61.8 cm³/mol. The topological polar surface area (TPSA) is 9.23 Å². The minimum absolute atomic E-state index is 0.186. The van der Waals surface area contributed by atoms with E-state index < -0.39 is 0 Å². The van der Waals surface area contributed by atoms with Gasteiger partial charge in [-0.25, -0.2) is 0 Å². The summed E-state index contributed by atoms with van der Waals surface area (Å²) in [5.41, 5.74) is 1.20. The number of benzene rings is 1. The molecule has 1 aliphatic carbocycles. The molecule has 0 radical (unpaired) electrons. The molecule has 0 saturated carbocycles. The molecule has 15 heavy (non-hydrogen) atoms. The fourth-order valence-corrected chi connectivity index (χ4v) is 1.47. The number of ether oxygens (including phenoxy) is 1. The molecule has 1 aliphatic rings. The normalized spacial score (nSPS) is 17.8. The van der Waals surface area contributed by atoms with E-state index in [1.165, 1.54) is 5.56 Å². The standard InChI is InChI=1S/C14H12O/c1-15-14-10-8-13(9-11-14)12-6-4-2-3-5-7-12/h2-4,6,8-12H,1H3. The molecule has 0 fully saturated rings. The first kappa shape index (κ1) is 9.61. The molecule has 0 amide bonds. The van der Waals surface area contributed by atoms with E-state index in [2.05, 4.69) is 17.9 Å². The zero-order valence-corrected chi connectivity index (χ0v) is 8.60. The van der Waals surface area contributed by atoms with E-state index in [0.29, 0.717) is 0 Å². The van der Waals surface area contributed by atoms with Crippen molar-refractivity contribution in [2.45, 2.75) is 5.92 Å².